The van der Waals surface area contributed by atoms with Crippen molar-refractivity contribution in [1.82, 2.24) is 10.3 Å². The van der Waals surface area contributed by atoms with Crippen LogP contribution in [0.2, 0.25) is 0 Å². The van der Waals surface area contributed by atoms with Gasteiger partial charge < -0.3 is 20.1 Å². The van der Waals surface area contributed by atoms with Crippen LogP contribution in [0.25, 0.3) is 0 Å². The Morgan fingerprint density at radius 2 is 2.18 bits per heavy atom. The van der Waals surface area contributed by atoms with Gasteiger partial charge in [-0.1, -0.05) is 0 Å². The van der Waals surface area contributed by atoms with E-state index < -0.39 is 0 Å². The molecule has 5 nitrogen and oxygen atoms in total. The van der Waals surface area contributed by atoms with Crippen LogP contribution in [0.5, 0.6) is 5.75 Å². The summed E-state index contributed by atoms with van der Waals surface area (Å²) in [6.45, 7) is 4.94. The second-order valence-electron chi connectivity index (χ2n) is 6.01. The summed E-state index contributed by atoms with van der Waals surface area (Å²) in [5.74, 6) is 1.51. The summed E-state index contributed by atoms with van der Waals surface area (Å²) in [6.07, 6.45) is 9.62. The van der Waals surface area contributed by atoms with Gasteiger partial charge in [-0.3, -0.25) is 4.98 Å². The van der Waals surface area contributed by atoms with Crippen LogP contribution >= 0.6 is 0 Å². The van der Waals surface area contributed by atoms with Crippen LogP contribution in [0, 0.1) is 5.92 Å². The van der Waals surface area contributed by atoms with Crippen molar-refractivity contribution in [3.63, 3.8) is 0 Å². The van der Waals surface area contributed by atoms with Crippen LogP contribution in [0.15, 0.2) is 18.5 Å². The summed E-state index contributed by atoms with van der Waals surface area (Å²) in [4.78, 5) is 6.53. The quantitative estimate of drug-likeness (QED) is 0.872. The van der Waals surface area contributed by atoms with Crippen LogP contribution in [0.3, 0.4) is 0 Å². The molecule has 2 aliphatic rings. The maximum atomic E-state index is 8.84. The maximum absolute atomic E-state index is 8.84. The average molecular weight is 307 g/mol. The second-order valence-corrected chi connectivity index (χ2v) is 6.01. The number of nitrogens with zero attached hydrogens (tertiary/aromatic N) is 2. The highest BCUT2D eigenvalue weighted by atomic mass is 16.5. The Bertz CT molecular complexity index is 417. The molecule has 0 saturated carbocycles. The minimum Gasteiger partial charge on any atom is -0.495 e. The lowest BCUT2D eigenvalue weighted by Crippen LogP contribution is -2.19. The first-order valence-corrected chi connectivity index (χ1v) is 8.39. The van der Waals surface area contributed by atoms with Gasteiger partial charge >= 0.3 is 0 Å². The molecule has 2 N–H and O–H groups in total. The summed E-state index contributed by atoms with van der Waals surface area (Å²) >= 11 is 0. The van der Waals surface area contributed by atoms with Gasteiger partial charge in [0.2, 0.25) is 0 Å². The molecule has 2 saturated heterocycles. The lowest BCUT2D eigenvalue weighted by atomic mass is 10.0. The summed E-state index contributed by atoms with van der Waals surface area (Å²) < 4.78 is 5.18. The monoisotopic (exact) mass is 307 g/mol. The van der Waals surface area contributed by atoms with Gasteiger partial charge in [0.1, 0.15) is 5.75 Å². The first kappa shape index (κ1) is 17.0. The van der Waals surface area contributed by atoms with E-state index in [0.29, 0.717) is 12.5 Å². The molecule has 3 rings (SSSR count). The number of anilines is 1. The Balaban J connectivity index is 0.000000299. The predicted molar refractivity (Wildman–Crippen MR) is 89.5 cm³/mol. The number of aromatic nitrogens is 1. The Labute approximate surface area is 133 Å². The molecule has 0 aliphatic carbocycles. The van der Waals surface area contributed by atoms with Gasteiger partial charge in [0.25, 0.3) is 0 Å². The van der Waals surface area contributed by atoms with Crippen molar-refractivity contribution in [3.8, 4) is 5.75 Å². The first-order chi connectivity index (χ1) is 10.8. The zero-order chi connectivity index (χ0) is 15.6. The number of aliphatic hydroxyl groups is 1. The molecule has 1 atom stereocenters. The summed E-state index contributed by atoms with van der Waals surface area (Å²) in [5.41, 5.74) is 1.14. The van der Waals surface area contributed by atoms with Crippen molar-refractivity contribution in [2.45, 2.75) is 32.1 Å². The minimum atomic E-state index is 0.303. The number of aliphatic hydroxyl groups excluding tert-OH is 1. The van der Waals surface area contributed by atoms with Crippen molar-refractivity contribution in [2.24, 2.45) is 5.92 Å². The van der Waals surface area contributed by atoms with Gasteiger partial charge in [-0.05, 0) is 51.1 Å². The Morgan fingerprint density at radius 3 is 2.82 bits per heavy atom. The van der Waals surface area contributed by atoms with Gasteiger partial charge in [-0.25, -0.2) is 0 Å². The number of ether oxygens (including phenoxy) is 1. The number of hydrogen-bond donors (Lipinski definition) is 2. The fraction of sp³-hybridized carbons (Fsp3) is 0.706. The number of methoxy groups -OCH3 is 1. The highest BCUT2D eigenvalue weighted by Gasteiger charge is 2.22. The third-order valence-electron chi connectivity index (χ3n) is 4.31. The van der Waals surface area contributed by atoms with E-state index in [0.717, 1.165) is 37.4 Å². The Kier molecular flexibility index (Phi) is 7.46. The largest absolute Gasteiger partial charge is 0.495 e. The molecule has 0 aromatic carbocycles. The standard InChI is InChI=1S/C13H20N2O2.C4H9N/c1-17-13-7-12(8-14-9-13)15-5-4-11(10-15)3-2-6-16;1-2-4-5-3-1/h7-9,11,16H,2-6,10H2,1H3;5H,1-4H2. The number of rotatable bonds is 5. The number of hydrogen-bond acceptors (Lipinski definition) is 5. The lowest BCUT2D eigenvalue weighted by molar-refractivity contribution is 0.274. The summed E-state index contributed by atoms with van der Waals surface area (Å²) in [7, 11) is 1.66. The molecule has 0 bridgehead atoms. The molecule has 5 heteroatoms. The molecular formula is C17H29N3O2. The zero-order valence-corrected chi connectivity index (χ0v) is 13.6. The van der Waals surface area contributed by atoms with Crippen molar-refractivity contribution in [3.05, 3.63) is 18.5 Å². The molecule has 0 spiro atoms. The highest BCUT2D eigenvalue weighted by Crippen LogP contribution is 2.27. The molecule has 1 aromatic heterocycles. The lowest BCUT2D eigenvalue weighted by Gasteiger charge is -2.18. The van der Waals surface area contributed by atoms with E-state index >= 15 is 0 Å². The molecule has 124 valence electrons. The number of nitrogens with one attached hydrogen (secondary N) is 1. The van der Waals surface area contributed by atoms with Crippen LogP contribution in [-0.4, -0.2) is 50.0 Å². The second kappa shape index (κ2) is 9.64. The van der Waals surface area contributed by atoms with E-state index in [1.54, 1.807) is 13.3 Å². The smallest absolute Gasteiger partial charge is 0.139 e. The van der Waals surface area contributed by atoms with Crippen LogP contribution in [0.4, 0.5) is 5.69 Å². The summed E-state index contributed by atoms with van der Waals surface area (Å²) in [6, 6.07) is 2.03. The Hall–Kier alpha value is -1.33. The van der Waals surface area contributed by atoms with Gasteiger partial charge in [0.15, 0.2) is 0 Å². The molecule has 1 unspecified atom stereocenters. The fourth-order valence-corrected chi connectivity index (χ4v) is 3.00. The molecular weight excluding hydrogens is 278 g/mol. The van der Waals surface area contributed by atoms with E-state index in [2.05, 4.69) is 15.2 Å². The van der Waals surface area contributed by atoms with Gasteiger partial charge in [-0.2, -0.15) is 0 Å². The van der Waals surface area contributed by atoms with E-state index in [1.165, 1.54) is 32.4 Å². The average Bonchev–Trinajstić information content (AvgIpc) is 3.27. The van der Waals surface area contributed by atoms with Gasteiger partial charge in [-0.15, -0.1) is 0 Å². The molecule has 0 radical (unpaired) electrons. The van der Waals surface area contributed by atoms with Crippen molar-refractivity contribution < 1.29 is 9.84 Å². The maximum Gasteiger partial charge on any atom is 0.139 e. The molecule has 22 heavy (non-hydrogen) atoms. The SMILES string of the molecule is C1CCNC1.COc1cncc(N2CCC(CCCO)C2)c1. The Morgan fingerprint density at radius 1 is 1.36 bits per heavy atom. The molecule has 2 aliphatic heterocycles. The van der Waals surface area contributed by atoms with Crippen LogP contribution < -0.4 is 15.0 Å². The normalized spacial score (nSPS) is 20.6. The minimum absolute atomic E-state index is 0.303. The van der Waals surface area contributed by atoms with Crippen LogP contribution in [0.1, 0.15) is 32.1 Å². The third-order valence-corrected chi connectivity index (χ3v) is 4.31. The first-order valence-electron chi connectivity index (χ1n) is 8.39. The van der Waals surface area contributed by atoms with Crippen molar-refractivity contribution in [1.29, 1.82) is 0 Å². The van der Waals surface area contributed by atoms with Crippen molar-refractivity contribution in [2.75, 3.05) is 44.8 Å². The van der Waals surface area contributed by atoms with Gasteiger partial charge in [0, 0.05) is 25.8 Å². The fourth-order valence-electron chi connectivity index (χ4n) is 3.00. The van der Waals surface area contributed by atoms with Gasteiger partial charge in [0.05, 0.1) is 25.2 Å². The predicted octanol–water partition coefficient (Wildman–Crippen LogP) is 2.06. The number of pyridine rings is 1. The third kappa shape index (κ3) is 5.46. The van der Waals surface area contributed by atoms with Crippen molar-refractivity contribution >= 4 is 5.69 Å². The molecule has 0 amide bonds. The summed E-state index contributed by atoms with van der Waals surface area (Å²) in [5, 5.41) is 12.1. The van der Waals surface area contributed by atoms with E-state index in [1.807, 2.05) is 12.3 Å². The zero-order valence-electron chi connectivity index (χ0n) is 13.6. The molecule has 3 heterocycles. The van der Waals surface area contributed by atoms with E-state index in [4.69, 9.17) is 9.84 Å². The topological polar surface area (TPSA) is 57.6 Å². The highest BCUT2D eigenvalue weighted by molar-refractivity contribution is 5.48. The van der Waals surface area contributed by atoms with Crippen LogP contribution in [-0.2, 0) is 0 Å². The van der Waals surface area contributed by atoms with E-state index in [-0.39, 0.29) is 0 Å². The van der Waals surface area contributed by atoms with E-state index in [9.17, 15) is 0 Å². The molecule has 1 aromatic rings. The molecule has 2 fully saturated rings.